The molecule has 1 heterocycles. The lowest BCUT2D eigenvalue weighted by molar-refractivity contribution is -0.137. The number of benzene rings is 2. The zero-order valence-electron chi connectivity index (χ0n) is 17.6. The highest BCUT2D eigenvalue weighted by molar-refractivity contribution is 7.99. The molecule has 0 saturated heterocycles. The zero-order valence-corrected chi connectivity index (χ0v) is 20.8. The number of amides is 1. The second-order valence-electron chi connectivity index (χ2n) is 6.95. The van der Waals surface area contributed by atoms with Crippen LogP contribution in [0, 0.1) is 0 Å². The van der Waals surface area contributed by atoms with Gasteiger partial charge in [-0.3, -0.25) is 4.79 Å². The van der Waals surface area contributed by atoms with Crippen molar-refractivity contribution in [2.75, 3.05) is 11.1 Å². The Hall–Kier alpha value is -2.14. The number of anilines is 1. The highest BCUT2D eigenvalue weighted by atomic mass is 35.5. The Labute approximate surface area is 213 Å². The van der Waals surface area contributed by atoms with Crippen LogP contribution in [0.4, 0.5) is 18.9 Å². The average Bonchev–Trinajstić information content (AvgIpc) is 3.16. The van der Waals surface area contributed by atoms with Crippen LogP contribution in [0.15, 0.2) is 60.3 Å². The largest absolute Gasteiger partial charge is 0.416 e. The van der Waals surface area contributed by atoms with E-state index in [0.717, 1.165) is 47.1 Å². The Balaban J connectivity index is 1.60. The second kappa shape index (κ2) is 12.0. The smallest absolute Gasteiger partial charge is 0.324 e. The minimum absolute atomic E-state index is 0.0150. The number of carbonyl (C=O) groups excluding carboxylic acids is 1. The van der Waals surface area contributed by atoms with E-state index in [-0.39, 0.29) is 16.5 Å². The molecule has 0 radical (unpaired) electrons. The topological polar surface area (TPSA) is 59.8 Å². The molecule has 0 unspecified atom stereocenters. The summed E-state index contributed by atoms with van der Waals surface area (Å²) in [6.45, 7) is 4.20. The number of carbonyl (C=O) groups is 1. The molecule has 5 nitrogen and oxygen atoms in total. The molecule has 0 aliphatic rings. The van der Waals surface area contributed by atoms with Crippen molar-refractivity contribution in [2.24, 2.45) is 0 Å². The normalized spacial score (nSPS) is 11.4. The molecule has 0 aliphatic carbocycles. The van der Waals surface area contributed by atoms with E-state index in [2.05, 4.69) is 22.1 Å². The molecule has 0 fully saturated rings. The van der Waals surface area contributed by atoms with E-state index in [1.165, 1.54) is 0 Å². The summed E-state index contributed by atoms with van der Waals surface area (Å²) in [7, 11) is 0. The third kappa shape index (κ3) is 7.43. The summed E-state index contributed by atoms with van der Waals surface area (Å²) in [5, 5.41) is 12.0. The number of allylic oxidation sites excluding steroid dienone is 1. The maximum absolute atomic E-state index is 12.9. The van der Waals surface area contributed by atoms with Crippen LogP contribution in [0.2, 0.25) is 10.0 Å². The maximum Gasteiger partial charge on any atom is 0.416 e. The first-order valence-electron chi connectivity index (χ1n) is 9.82. The van der Waals surface area contributed by atoms with Crippen LogP contribution in [0.25, 0.3) is 0 Å². The molecule has 1 aromatic heterocycles. The predicted octanol–water partition coefficient (Wildman–Crippen LogP) is 6.95. The van der Waals surface area contributed by atoms with Crippen molar-refractivity contribution in [1.82, 2.24) is 14.8 Å². The molecule has 3 aromatic rings. The number of hydrogen-bond acceptors (Lipinski definition) is 5. The molecule has 0 aliphatic heterocycles. The number of nitrogens with one attached hydrogen (secondary N) is 1. The van der Waals surface area contributed by atoms with Crippen LogP contribution in [0.5, 0.6) is 0 Å². The summed E-state index contributed by atoms with van der Waals surface area (Å²) >= 11 is 14.6. The lowest BCUT2D eigenvalue weighted by Gasteiger charge is -2.12. The van der Waals surface area contributed by atoms with Crippen molar-refractivity contribution in [3.8, 4) is 0 Å². The SMILES string of the molecule is C=CCn1c(CSCc2ccc(Cl)cc2)nnc1SCC(=O)Nc1cc(C(F)(F)F)ccc1Cl. The third-order valence-corrected chi connectivity index (χ3v) is 6.97. The predicted molar refractivity (Wildman–Crippen MR) is 132 cm³/mol. The minimum atomic E-state index is -4.54. The average molecular weight is 547 g/mol. The van der Waals surface area contributed by atoms with Gasteiger partial charge in [-0.05, 0) is 35.9 Å². The first kappa shape index (κ1) is 26.5. The lowest BCUT2D eigenvalue weighted by atomic mass is 10.2. The van der Waals surface area contributed by atoms with Gasteiger partial charge in [-0.15, -0.1) is 28.5 Å². The highest BCUT2D eigenvalue weighted by Gasteiger charge is 2.31. The molecule has 34 heavy (non-hydrogen) atoms. The zero-order chi connectivity index (χ0) is 24.7. The molecular weight excluding hydrogens is 528 g/mol. The molecule has 1 amide bonds. The van der Waals surface area contributed by atoms with Crippen LogP contribution in [0.3, 0.4) is 0 Å². The Morgan fingerprint density at radius 2 is 1.85 bits per heavy atom. The van der Waals surface area contributed by atoms with E-state index in [9.17, 15) is 18.0 Å². The van der Waals surface area contributed by atoms with Gasteiger partial charge in [0, 0.05) is 17.3 Å². The summed E-state index contributed by atoms with van der Waals surface area (Å²) in [5.74, 6) is 1.48. The summed E-state index contributed by atoms with van der Waals surface area (Å²) in [6.07, 6.45) is -2.84. The molecule has 2 aromatic carbocycles. The van der Waals surface area contributed by atoms with Gasteiger partial charge >= 0.3 is 6.18 Å². The Morgan fingerprint density at radius 1 is 1.12 bits per heavy atom. The van der Waals surface area contributed by atoms with Gasteiger partial charge in [0.15, 0.2) is 5.16 Å². The van der Waals surface area contributed by atoms with Crippen molar-refractivity contribution in [2.45, 2.75) is 29.4 Å². The Bertz CT molecular complexity index is 1150. The van der Waals surface area contributed by atoms with Crippen molar-refractivity contribution in [3.05, 3.63) is 82.1 Å². The lowest BCUT2D eigenvalue weighted by Crippen LogP contribution is -2.16. The van der Waals surface area contributed by atoms with Crippen LogP contribution < -0.4 is 5.32 Å². The van der Waals surface area contributed by atoms with Gasteiger partial charge in [0.2, 0.25) is 5.91 Å². The number of aromatic nitrogens is 3. The molecular formula is C22H19Cl2F3N4OS2. The molecule has 1 N–H and O–H groups in total. The summed E-state index contributed by atoms with van der Waals surface area (Å²) in [5.41, 5.74) is 0.129. The molecule has 12 heteroatoms. The van der Waals surface area contributed by atoms with Gasteiger partial charge in [-0.1, -0.05) is 53.2 Å². The first-order chi connectivity index (χ1) is 16.2. The van der Waals surface area contributed by atoms with E-state index in [4.69, 9.17) is 23.2 Å². The summed E-state index contributed by atoms with van der Waals surface area (Å²) in [6, 6.07) is 10.4. The van der Waals surface area contributed by atoms with Crippen LogP contribution in [-0.2, 0) is 29.0 Å². The van der Waals surface area contributed by atoms with Crippen LogP contribution in [-0.4, -0.2) is 26.4 Å². The standard InChI is InChI=1S/C22H19Cl2F3N4OS2/c1-2-9-31-19(12-33-11-14-3-6-16(23)7-4-14)29-30-21(31)34-13-20(32)28-18-10-15(22(25,26)27)5-8-17(18)24/h2-8,10H,1,9,11-13H2,(H,28,32). The molecule has 0 bridgehead atoms. The van der Waals surface area contributed by atoms with E-state index in [0.29, 0.717) is 22.5 Å². The molecule has 0 spiro atoms. The van der Waals surface area contributed by atoms with E-state index in [1.54, 1.807) is 17.8 Å². The second-order valence-corrected chi connectivity index (χ2v) is 9.72. The van der Waals surface area contributed by atoms with Gasteiger partial charge in [0.25, 0.3) is 0 Å². The number of nitrogens with zero attached hydrogens (tertiary/aromatic N) is 3. The van der Waals surface area contributed by atoms with E-state index >= 15 is 0 Å². The third-order valence-electron chi connectivity index (χ3n) is 4.42. The quantitative estimate of drug-likeness (QED) is 0.220. The number of halogens is 5. The molecule has 180 valence electrons. The van der Waals surface area contributed by atoms with Crippen LogP contribution >= 0.6 is 46.7 Å². The van der Waals surface area contributed by atoms with Crippen molar-refractivity contribution in [1.29, 1.82) is 0 Å². The minimum Gasteiger partial charge on any atom is -0.324 e. The Kier molecular flexibility index (Phi) is 9.35. The monoisotopic (exact) mass is 546 g/mol. The molecule has 0 atom stereocenters. The highest BCUT2D eigenvalue weighted by Crippen LogP contribution is 2.34. The van der Waals surface area contributed by atoms with Gasteiger partial charge in [-0.2, -0.15) is 13.2 Å². The van der Waals surface area contributed by atoms with Gasteiger partial charge in [0.05, 0.1) is 27.8 Å². The fraction of sp³-hybridized carbons (Fsp3) is 0.227. The first-order valence-corrected chi connectivity index (χ1v) is 12.7. The van der Waals surface area contributed by atoms with E-state index in [1.807, 2.05) is 28.8 Å². The van der Waals surface area contributed by atoms with Crippen molar-refractivity contribution in [3.63, 3.8) is 0 Å². The summed E-state index contributed by atoms with van der Waals surface area (Å²) < 4.78 is 40.6. The van der Waals surface area contributed by atoms with Gasteiger partial charge in [-0.25, -0.2) is 0 Å². The maximum atomic E-state index is 12.9. The molecule has 3 rings (SSSR count). The number of thioether (sulfide) groups is 2. The molecule has 0 saturated carbocycles. The number of alkyl halides is 3. The van der Waals surface area contributed by atoms with E-state index < -0.39 is 17.6 Å². The van der Waals surface area contributed by atoms with Crippen LogP contribution in [0.1, 0.15) is 17.0 Å². The van der Waals surface area contributed by atoms with Gasteiger partial charge in [0.1, 0.15) is 5.82 Å². The fourth-order valence-corrected chi connectivity index (χ4v) is 4.78. The van der Waals surface area contributed by atoms with Crippen molar-refractivity contribution < 1.29 is 18.0 Å². The number of hydrogen-bond donors (Lipinski definition) is 1. The van der Waals surface area contributed by atoms with Gasteiger partial charge < -0.3 is 9.88 Å². The summed E-state index contributed by atoms with van der Waals surface area (Å²) in [4.78, 5) is 12.4. The Morgan fingerprint density at radius 3 is 2.53 bits per heavy atom. The fourth-order valence-electron chi connectivity index (χ4n) is 2.80. The van der Waals surface area contributed by atoms with Crippen molar-refractivity contribution >= 4 is 58.3 Å². The number of rotatable bonds is 10.